The first-order valence-corrected chi connectivity index (χ1v) is 6.76. The summed E-state index contributed by atoms with van der Waals surface area (Å²) in [4.78, 5) is 19.5. The molecule has 0 aromatic rings. The van der Waals surface area contributed by atoms with Crippen molar-refractivity contribution in [3.63, 3.8) is 0 Å². The summed E-state index contributed by atoms with van der Waals surface area (Å²) >= 11 is 0. The molecule has 0 heterocycles. The normalized spacial score (nSPS) is 14.6. The van der Waals surface area contributed by atoms with Gasteiger partial charge in [0.05, 0.1) is 0 Å². The number of hydrogen-bond donors (Lipinski definition) is 2. The summed E-state index contributed by atoms with van der Waals surface area (Å²) in [7, 11) is -3.42. The van der Waals surface area contributed by atoms with E-state index in [1.807, 2.05) is 0 Å². The van der Waals surface area contributed by atoms with E-state index in [0.717, 1.165) is 0 Å². The van der Waals surface area contributed by atoms with Crippen LogP contribution in [0.4, 0.5) is 0 Å². The van der Waals surface area contributed by atoms with E-state index in [-0.39, 0.29) is 0 Å². The van der Waals surface area contributed by atoms with E-state index < -0.39 is 13.2 Å². The summed E-state index contributed by atoms with van der Waals surface area (Å²) in [6.07, 6.45) is 0.295. The fourth-order valence-electron chi connectivity index (χ4n) is 1.14. The molecule has 0 saturated heterocycles. The Balaban J connectivity index is 4.55. The Morgan fingerprint density at radius 3 is 1.69 bits per heavy atom. The van der Waals surface area contributed by atoms with Crippen LogP contribution in [0.2, 0.25) is 0 Å². The summed E-state index contributed by atoms with van der Waals surface area (Å²) in [6.45, 7) is 7.74. The van der Waals surface area contributed by atoms with Gasteiger partial charge in [0.1, 0.15) is 0 Å². The SMILES string of the molecule is CCOC(C)(OCC)[PH](O)(O)CC. The van der Waals surface area contributed by atoms with Crippen molar-refractivity contribution in [2.75, 3.05) is 19.4 Å². The molecule has 5 heteroatoms. The van der Waals surface area contributed by atoms with Crippen molar-refractivity contribution >= 4 is 7.72 Å². The maximum absolute atomic E-state index is 9.75. The molecule has 0 aromatic carbocycles. The first-order valence-electron chi connectivity index (χ1n) is 4.66. The molecular weight excluding hydrogens is 191 g/mol. The van der Waals surface area contributed by atoms with Crippen molar-refractivity contribution in [3.8, 4) is 0 Å². The average molecular weight is 212 g/mol. The Kier molecular flexibility index (Phi) is 5.33. The van der Waals surface area contributed by atoms with Gasteiger partial charge < -0.3 is 0 Å². The molecule has 0 aliphatic carbocycles. The van der Waals surface area contributed by atoms with Crippen molar-refractivity contribution in [3.05, 3.63) is 0 Å². The zero-order valence-electron chi connectivity index (χ0n) is 8.83. The van der Waals surface area contributed by atoms with Crippen molar-refractivity contribution < 1.29 is 19.3 Å². The average Bonchev–Trinajstić information content (AvgIpc) is 2.05. The van der Waals surface area contributed by atoms with Crippen LogP contribution < -0.4 is 0 Å². The molecule has 0 aromatic heterocycles. The number of rotatable bonds is 6. The fraction of sp³-hybridized carbons (Fsp3) is 1.00. The second kappa shape index (κ2) is 5.23. The molecule has 0 aliphatic heterocycles. The van der Waals surface area contributed by atoms with E-state index in [9.17, 15) is 9.79 Å². The first-order chi connectivity index (χ1) is 5.93. The van der Waals surface area contributed by atoms with E-state index in [1.165, 1.54) is 0 Å². The third-order valence-electron chi connectivity index (χ3n) is 2.06. The van der Waals surface area contributed by atoms with E-state index in [4.69, 9.17) is 9.47 Å². The molecule has 0 aliphatic rings. The molecule has 0 amide bonds. The summed E-state index contributed by atoms with van der Waals surface area (Å²) in [5.74, 6) is 0. The summed E-state index contributed by atoms with van der Waals surface area (Å²) in [5.41, 5.74) is -1.20. The van der Waals surface area contributed by atoms with Crippen LogP contribution in [0.1, 0.15) is 27.7 Å². The number of hydrogen-bond acceptors (Lipinski definition) is 4. The Hall–Kier alpha value is 0.270. The first kappa shape index (κ1) is 13.3. The Morgan fingerprint density at radius 2 is 1.46 bits per heavy atom. The molecule has 0 fully saturated rings. The molecule has 0 radical (unpaired) electrons. The van der Waals surface area contributed by atoms with Crippen molar-refractivity contribution in [2.45, 2.75) is 33.2 Å². The monoisotopic (exact) mass is 212 g/mol. The molecule has 0 bridgehead atoms. The van der Waals surface area contributed by atoms with Crippen LogP contribution in [0.25, 0.3) is 0 Å². The van der Waals surface area contributed by atoms with Gasteiger partial charge in [-0.3, -0.25) is 0 Å². The summed E-state index contributed by atoms with van der Waals surface area (Å²) in [5, 5.41) is 0. The standard InChI is InChI=1S/C8H21O4P/c1-5-11-8(4,12-6-2)13(9,10)7-3/h9-10,13H,5-7H2,1-4H3. The van der Waals surface area contributed by atoms with Gasteiger partial charge in [-0.15, -0.1) is 0 Å². The Labute approximate surface area is 80.4 Å². The zero-order chi connectivity index (χ0) is 10.5. The Morgan fingerprint density at radius 1 is 1.08 bits per heavy atom. The summed E-state index contributed by atoms with van der Waals surface area (Å²) < 4.78 is 10.5. The van der Waals surface area contributed by atoms with Crippen LogP contribution in [0.3, 0.4) is 0 Å². The summed E-state index contributed by atoms with van der Waals surface area (Å²) in [6, 6.07) is 0. The third kappa shape index (κ3) is 3.15. The van der Waals surface area contributed by atoms with E-state index in [2.05, 4.69) is 0 Å². The molecule has 0 spiro atoms. The second-order valence-corrected chi connectivity index (χ2v) is 6.23. The van der Waals surface area contributed by atoms with Gasteiger partial charge in [-0.1, -0.05) is 0 Å². The predicted molar refractivity (Wildman–Crippen MR) is 55.0 cm³/mol. The second-order valence-electron chi connectivity index (χ2n) is 2.98. The van der Waals surface area contributed by atoms with E-state index in [0.29, 0.717) is 19.4 Å². The fourth-order valence-corrected chi connectivity index (χ4v) is 2.54. The molecule has 2 N–H and O–H groups in total. The van der Waals surface area contributed by atoms with Gasteiger partial charge in [0.2, 0.25) is 0 Å². The van der Waals surface area contributed by atoms with Crippen molar-refractivity contribution in [2.24, 2.45) is 0 Å². The molecule has 4 nitrogen and oxygen atoms in total. The number of ether oxygens (including phenoxy) is 2. The predicted octanol–water partition coefficient (Wildman–Crippen LogP) is 1.32. The molecule has 82 valence electrons. The van der Waals surface area contributed by atoms with Crippen LogP contribution in [0, 0.1) is 0 Å². The van der Waals surface area contributed by atoms with Gasteiger partial charge in [-0.05, 0) is 0 Å². The van der Waals surface area contributed by atoms with Crippen LogP contribution in [0.15, 0.2) is 0 Å². The molecule has 13 heavy (non-hydrogen) atoms. The van der Waals surface area contributed by atoms with Crippen LogP contribution in [-0.2, 0) is 9.47 Å². The third-order valence-corrected chi connectivity index (χ3v) is 4.79. The maximum atomic E-state index is 9.75. The van der Waals surface area contributed by atoms with Crippen LogP contribution in [-0.4, -0.2) is 34.7 Å². The quantitative estimate of drug-likeness (QED) is 0.515. The van der Waals surface area contributed by atoms with Crippen LogP contribution >= 0.6 is 7.72 Å². The van der Waals surface area contributed by atoms with Gasteiger partial charge in [0.25, 0.3) is 0 Å². The zero-order valence-corrected chi connectivity index (χ0v) is 9.83. The van der Waals surface area contributed by atoms with Crippen molar-refractivity contribution in [1.29, 1.82) is 0 Å². The molecule has 0 atom stereocenters. The van der Waals surface area contributed by atoms with Crippen molar-refractivity contribution in [1.82, 2.24) is 0 Å². The molecule has 0 unspecified atom stereocenters. The van der Waals surface area contributed by atoms with E-state index in [1.54, 1.807) is 27.7 Å². The Bertz CT molecular complexity index is 143. The van der Waals surface area contributed by atoms with Gasteiger partial charge in [0.15, 0.2) is 0 Å². The molecule has 0 saturated carbocycles. The topological polar surface area (TPSA) is 58.9 Å². The van der Waals surface area contributed by atoms with E-state index >= 15 is 0 Å². The molecular formula is C8H21O4P. The van der Waals surface area contributed by atoms with Gasteiger partial charge in [-0.2, -0.15) is 0 Å². The van der Waals surface area contributed by atoms with Crippen LogP contribution in [0.5, 0.6) is 0 Å². The minimum absolute atomic E-state index is 0.295. The van der Waals surface area contributed by atoms with Gasteiger partial charge in [0, 0.05) is 0 Å². The minimum atomic E-state index is -3.42. The van der Waals surface area contributed by atoms with Gasteiger partial charge >= 0.3 is 79.6 Å². The molecule has 0 rings (SSSR count). The van der Waals surface area contributed by atoms with Gasteiger partial charge in [-0.25, -0.2) is 0 Å².